The van der Waals surface area contributed by atoms with Gasteiger partial charge < -0.3 is 15.5 Å². The van der Waals surface area contributed by atoms with Crippen LogP contribution in [0.4, 0.5) is 5.00 Å². The molecule has 212 valence electrons. The van der Waals surface area contributed by atoms with Crippen LogP contribution < -0.4 is 10.6 Å². The Labute approximate surface area is 237 Å². The van der Waals surface area contributed by atoms with Crippen LogP contribution in [-0.2, 0) is 19.8 Å². The van der Waals surface area contributed by atoms with Gasteiger partial charge in [-0.05, 0) is 55.1 Å². The molecule has 1 saturated carbocycles. The van der Waals surface area contributed by atoms with Crippen molar-refractivity contribution in [2.75, 3.05) is 11.9 Å². The summed E-state index contributed by atoms with van der Waals surface area (Å²) in [7, 11) is 0. The van der Waals surface area contributed by atoms with Crippen LogP contribution in [0, 0.1) is 11.8 Å². The van der Waals surface area contributed by atoms with E-state index in [9.17, 15) is 14.4 Å². The quantitative estimate of drug-likeness (QED) is 0.381. The Kier molecular flexibility index (Phi) is 9.52. The number of hydrogen-bond acceptors (Lipinski definition) is 4. The van der Waals surface area contributed by atoms with Gasteiger partial charge in [0, 0.05) is 22.9 Å². The maximum atomic E-state index is 14.0. The summed E-state index contributed by atoms with van der Waals surface area (Å²) >= 11 is 1.61. The van der Waals surface area contributed by atoms with Gasteiger partial charge in [-0.15, -0.1) is 11.3 Å². The van der Waals surface area contributed by atoms with E-state index in [0.29, 0.717) is 13.0 Å². The van der Waals surface area contributed by atoms with Crippen LogP contribution in [-0.4, -0.2) is 41.2 Å². The Hall–Kier alpha value is -2.67. The van der Waals surface area contributed by atoms with Crippen LogP contribution in [0.15, 0.2) is 36.4 Å². The van der Waals surface area contributed by atoms with Gasteiger partial charge >= 0.3 is 0 Å². The predicted octanol–water partition coefficient (Wildman–Crippen LogP) is 6.75. The minimum Gasteiger partial charge on any atom is -0.344 e. The third-order valence-corrected chi connectivity index (χ3v) is 9.85. The van der Waals surface area contributed by atoms with E-state index in [4.69, 9.17) is 0 Å². The first-order chi connectivity index (χ1) is 18.6. The zero-order valence-corrected chi connectivity index (χ0v) is 25.0. The fourth-order valence-corrected chi connectivity index (χ4v) is 6.83. The summed E-state index contributed by atoms with van der Waals surface area (Å²) < 4.78 is 0. The fraction of sp³-hybridized carbons (Fsp3) is 0.594. The summed E-state index contributed by atoms with van der Waals surface area (Å²) in [5.74, 6) is -0.326. The third-order valence-electron chi connectivity index (χ3n) is 8.38. The highest BCUT2D eigenvalue weighted by atomic mass is 32.1. The van der Waals surface area contributed by atoms with Crippen molar-refractivity contribution in [1.82, 2.24) is 10.2 Å². The number of benzene rings is 1. The second-order valence-electron chi connectivity index (χ2n) is 12.3. The Morgan fingerprint density at radius 2 is 1.72 bits per heavy atom. The molecule has 0 spiro atoms. The number of rotatable bonds is 8. The normalized spacial score (nSPS) is 19.9. The van der Waals surface area contributed by atoms with E-state index in [1.807, 2.05) is 32.0 Å². The molecule has 1 aliphatic carbocycles. The summed E-state index contributed by atoms with van der Waals surface area (Å²) in [6.45, 7) is 11.0. The van der Waals surface area contributed by atoms with Crippen molar-refractivity contribution in [2.24, 2.45) is 11.8 Å². The van der Waals surface area contributed by atoms with Crippen molar-refractivity contribution in [2.45, 2.75) is 103 Å². The van der Waals surface area contributed by atoms with E-state index in [-0.39, 0.29) is 35.0 Å². The first kappa shape index (κ1) is 29.3. The Bertz CT molecular complexity index is 1150. The molecule has 1 saturated heterocycles. The summed E-state index contributed by atoms with van der Waals surface area (Å²) in [6.07, 6.45) is 7.35. The smallest absolute Gasteiger partial charge is 0.247 e. The third kappa shape index (κ3) is 6.92. The first-order valence-electron chi connectivity index (χ1n) is 14.7. The van der Waals surface area contributed by atoms with Crippen molar-refractivity contribution in [1.29, 1.82) is 0 Å². The zero-order valence-electron chi connectivity index (χ0n) is 24.2. The van der Waals surface area contributed by atoms with Gasteiger partial charge in [-0.1, -0.05) is 84.2 Å². The molecule has 3 amide bonds. The van der Waals surface area contributed by atoms with Crippen LogP contribution >= 0.6 is 11.3 Å². The molecule has 6 nitrogen and oxygen atoms in total. The van der Waals surface area contributed by atoms with Gasteiger partial charge in [0.1, 0.15) is 17.1 Å². The highest BCUT2D eigenvalue weighted by Crippen LogP contribution is 2.41. The number of anilines is 1. The number of nitrogens with one attached hydrogen (secondary N) is 2. The molecule has 2 aliphatic rings. The fourth-order valence-electron chi connectivity index (χ4n) is 5.69. The van der Waals surface area contributed by atoms with Gasteiger partial charge in [0.25, 0.3) is 0 Å². The van der Waals surface area contributed by atoms with Gasteiger partial charge in [0.2, 0.25) is 17.7 Å². The van der Waals surface area contributed by atoms with Crippen LogP contribution in [0.5, 0.6) is 0 Å². The Morgan fingerprint density at radius 3 is 2.36 bits per heavy atom. The van der Waals surface area contributed by atoms with Crippen molar-refractivity contribution >= 4 is 34.1 Å². The van der Waals surface area contributed by atoms with E-state index in [0.717, 1.165) is 54.7 Å². The van der Waals surface area contributed by atoms with Gasteiger partial charge in [0.05, 0.1) is 0 Å². The molecule has 0 radical (unpaired) electrons. The molecule has 39 heavy (non-hydrogen) atoms. The Morgan fingerprint density at radius 1 is 1.03 bits per heavy atom. The van der Waals surface area contributed by atoms with E-state index in [1.165, 1.54) is 11.3 Å². The van der Waals surface area contributed by atoms with Gasteiger partial charge in [-0.2, -0.15) is 0 Å². The van der Waals surface area contributed by atoms with E-state index < -0.39 is 12.1 Å². The van der Waals surface area contributed by atoms with Crippen molar-refractivity contribution in [3.8, 4) is 11.1 Å². The second-order valence-corrected chi connectivity index (χ2v) is 13.4. The summed E-state index contributed by atoms with van der Waals surface area (Å²) in [4.78, 5) is 43.6. The molecule has 4 rings (SSSR count). The molecule has 3 atom stereocenters. The number of likely N-dealkylation sites (tertiary alicyclic amines) is 1. The van der Waals surface area contributed by atoms with E-state index >= 15 is 0 Å². The number of hydrogen-bond donors (Lipinski definition) is 2. The highest BCUT2D eigenvalue weighted by Gasteiger charge is 2.41. The van der Waals surface area contributed by atoms with Crippen LogP contribution in [0.3, 0.4) is 0 Å². The lowest BCUT2D eigenvalue weighted by molar-refractivity contribution is -0.142. The number of thiophene rings is 1. The zero-order chi connectivity index (χ0) is 28.2. The molecule has 1 aromatic carbocycles. The molecule has 2 N–H and O–H groups in total. The average molecular weight is 552 g/mol. The number of amides is 3. The van der Waals surface area contributed by atoms with Crippen LogP contribution in [0.25, 0.3) is 11.1 Å². The molecule has 1 aliphatic heterocycles. The van der Waals surface area contributed by atoms with Crippen LogP contribution in [0.2, 0.25) is 0 Å². The summed E-state index contributed by atoms with van der Waals surface area (Å²) in [6, 6.07) is 11.2. The molecule has 0 unspecified atom stereocenters. The van der Waals surface area contributed by atoms with Gasteiger partial charge in [0.15, 0.2) is 0 Å². The van der Waals surface area contributed by atoms with Crippen molar-refractivity contribution in [3.05, 3.63) is 41.3 Å². The monoisotopic (exact) mass is 551 g/mol. The molecule has 0 bridgehead atoms. The number of nitrogens with zero attached hydrogens (tertiary/aromatic N) is 1. The lowest BCUT2D eigenvalue weighted by Crippen LogP contribution is -2.56. The van der Waals surface area contributed by atoms with E-state index in [2.05, 4.69) is 49.6 Å². The molecular weight excluding hydrogens is 506 g/mol. The molecule has 2 heterocycles. The molecule has 1 aromatic heterocycles. The first-order valence-corrected chi connectivity index (χ1v) is 15.5. The number of carbonyl (C=O) groups excluding carboxylic acids is 3. The topological polar surface area (TPSA) is 78.5 Å². The summed E-state index contributed by atoms with van der Waals surface area (Å²) in [5.41, 5.74) is 2.02. The minimum atomic E-state index is -0.561. The van der Waals surface area contributed by atoms with Crippen molar-refractivity contribution < 1.29 is 14.4 Å². The lowest BCUT2D eigenvalue weighted by atomic mass is 9.83. The largest absolute Gasteiger partial charge is 0.344 e. The molecule has 2 fully saturated rings. The van der Waals surface area contributed by atoms with Gasteiger partial charge in [-0.3, -0.25) is 14.4 Å². The van der Waals surface area contributed by atoms with Crippen LogP contribution in [0.1, 0.15) is 90.9 Å². The van der Waals surface area contributed by atoms with Crippen molar-refractivity contribution in [3.63, 3.8) is 0 Å². The number of carbonyl (C=O) groups is 3. The maximum absolute atomic E-state index is 14.0. The SMILES string of the molecule is CC[C@@H](C)C(=O)N[C@H](C(=O)N1CCC[C@H]1C(=O)Nc1sc(C(C)(C)C)cc1-c1ccccc1)C1CCCCC1. The maximum Gasteiger partial charge on any atom is 0.247 e. The second kappa shape index (κ2) is 12.7. The average Bonchev–Trinajstić information content (AvgIpc) is 3.59. The summed E-state index contributed by atoms with van der Waals surface area (Å²) in [5, 5.41) is 7.15. The molecular formula is C32H45N3O3S. The minimum absolute atomic E-state index is 0.0480. The van der Waals surface area contributed by atoms with Gasteiger partial charge in [-0.25, -0.2) is 0 Å². The Balaban J connectivity index is 1.57. The lowest BCUT2D eigenvalue weighted by Gasteiger charge is -2.35. The molecule has 2 aromatic rings. The standard InChI is InChI=1S/C32H45N3O3S/c1-6-21(2)28(36)33-27(23-16-11-8-12-17-23)31(38)35-19-13-18-25(35)29(37)34-30-24(22-14-9-7-10-15-22)20-26(39-30)32(3,4)5/h7,9-10,14-15,20-21,23,25,27H,6,8,11-13,16-19H2,1-5H3,(H,33,36)(H,34,37)/t21-,25+,27+/m1/s1. The molecule has 7 heteroatoms. The highest BCUT2D eigenvalue weighted by molar-refractivity contribution is 7.17. The van der Waals surface area contributed by atoms with E-state index in [1.54, 1.807) is 16.2 Å². The predicted molar refractivity (Wildman–Crippen MR) is 160 cm³/mol.